The van der Waals surface area contributed by atoms with Crippen LogP contribution in [0.5, 0.6) is 0 Å². The zero-order chi connectivity index (χ0) is 19.8. The van der Waals surface area contributed by atoms with E-state index in [9.17, 15) is 19.5 Å². The lowest BCUT2D eigenvalue weighted by molar-refractivity contribution is -0.149. The molecule has 1 spiro atoms. The highest BCUT2D eigenvalue weighted by Crippen LogP contribution is 2.70. The second-order valence-corrected chi connectivity index (χ2v) is 8.38. The van der Waals surface area contributed by atoms with Crippen molar-refractivity contribution in [2.24, 2.45) is 5.92 Å². The van der Waals surface area contributed by atoms with Crippen LogP contribution >= 0.6 is 0 Å². The molecule has 0 amide bonds. The first kappa shape index (κ1) is 18.4. The van der Waals surface area contributed by atoms with Crippen LogP contribution in [-0.2, 0) is 33.3 Å². The first-order valence-corrected chi connectivity index (χ1v) is 9.19. The normalized spacial score (nSPS) is 44.6. The van der Waals surface area contributed by atoms with E-state index >= 15 is 0 Å². The minimum Gasteiger partial charge on any atom is -0.461 e. The molecule has 3 fully saturated rings. The minimum atomic E-state index is -1.18. The number of fused-ring (bicyclic) bond motifs is 1. The molecule has 1 N–H and O–H groups in total. The van der Waals surface area contributed by atoms with Crippen molar-refractivity contribution in [2.75, 3.05) is 6.61 Å². The zero-order valence-corrected chi connectivity index (χ0v) is 15.9. The standard InChI is InChI=1S/C19H24O8/c1-9(20)24-8-11-14-12(25-10(2)21)7-17(3,23)13-5-6-18(4)19(13,27-18)15(14)26-16(11)22/h12-13,15,23H,5-8H2,1-4H3. The number of hydrogen-bond acceptors (Lipinski definition) is 8. The van der Waals surface area contributed by atoms with Crippen LogP contribution < -0.4 is 0 Å². The molecule has 2 aliphatic carbocycles. The Balaban J connectivity index is 1.84. The zero-order valence-electron chi connectivity index (χ0n) is 15.9. The van der Waals surface area contributed by atoms with E-state index in [-0.39, 0.29) is 24.5 Å². The number of esters is 3. The lowest BCUT2D eigenvalue weighted by Crippen LogP contribution is -2.47. The van der Waals surface area contributed by atoms with Crippen LogP contribution in [0.1, 0.15) is 47.0 Å². The Kier molecular flexibility index (Phi) is 3.79. The van der Waals surface area contributed by atoms with Gasteiger partial charge >= 0.3 is 17.9 Å². The topological polar surface area (TPSA) is 112 Å². The van der Waals surface area contributed by atoms with Gasteiger partial charge in [-0.15, -0.1) is 0 Å². The summed E-state index contributed by atoms with van der Waals surface area (Å²) in [5, 5.41) is 11.2. The summed E-state index contributed by atoms with van der Waals surface area (Å²) in [6.07, 6.45) is -0.0482. The van der Waals surface area contributed by atoms with Crippen molar-refractivity contribution in [2.45, 2.75) is 76.0 Å². The summed E-state index contributed by atoms with van der Waals surface area (Å²) < 4.78 is 22.3. The van der Waals surface area contributed by atoms with E-state index in [2.05, 4.69) is 0 Å². The average Bonchev–Trinajstić information content (AvgIpc) is 2.86. The van der Waals surface area contributed by atoms with E-state index in [0.717, 1.165) is 12.8 Å². The number of aliphatic hydroxyl groups is 1. The van der Waals surface area contributed by atoms with E-state index in [1.165, 1.54) is 13.8 Å². The van der Waals surface area contributed by atoms with Crippen molar-refractivity contribution in [1.29, 1.82) is 0 Å². The van der Waals surface area contributed by atoms with Gasteiger partial charge in [0.1, 0.15) is 18.3 Å². The second kappa shape index (κ2) is 5.54. The largest absolute Gasteiger partial charge is 0.461 e. The lowest BCUT2D eigenvalue weighted by atomic mass is 9.76. The Morgan fingerprint density at radius 1 is 1.26 bits per heavy atom. The average molecular weight is 380 g/mol. The van der Waals surface area contributed by atoms with Crippen molar-refractivity contribution in [3.05, 3.63) is 11.1 Å². The van der Waals surface area contributed by atoms with Crippen molar-refractivity contribution in [3.63, 3.8) is 0 Å². The maximum absolute atomic E-state index is 12.6. The molecule has 148 valence electrons. The van der Waals surface area contributed by atoms with E-state index < -0.39 is 46.9 Å². The van der Waals surface area contributed by atoms with Gasteiger partial charge in [0.25, 0.3) is 0 Å². The van der Waals surface area contributed by atoms with Crippen molar-refractivity contribution < 1.29 is 38.4 Å². The fourth-order valence-corrected chi connectivity index (χ4v) is 5.40. The molecule has 2 heterocycles. The maximum Gasteiger partial charge on any atom is 0.338 e. The SMILES string of the molecule is CC(=O)OCC1=C2C(OC(C)=O)CC(C)(O)C3CCC4(C)OC34C2OC1=O. The molecule has 6 unspecified atom stereocenters. The molecule has 0 aromatic carbocycles. The summed E-state index contributed by atoms with van der Waals surface area (Å²) >= 11 is 0. The summed E-state index contributed by atoms with van der Waals surface area (Å²) in [6.45, 7) is 5.91. The number of rotatable bonds is 3. The van der Waals surface area contributed by atoms with Crippen LogP contribution in [-0.4, -0.2) is 58.6 Å². The van der Waals surface area contributed by atoms with E-state index in [1.807, 2.05) is 6.92 Å². The van der Waals surface area contributed by atoms with Gasteiger partial charge in [-0.25, -0.2) is 4.79 Å². The molecule has 2 saturated carbocycles. The molecule has 6 atom stereocenters. The summed E-state index contributed by atoms with van der Waals surface area (Å²) in [7, 11) is 0. The van der Waals surface area contributed by atoms with Crippen molar-refractivity contribution in [3.8, 4) is 0 Å². The van der Waals surface area contributed by atoms with Crippen molar-refractivity contribution in [1.82, 2.24) is 0 Å². The molecule has 4 aliphatic rings. The molecule has 8 nitrogen and oxygen atoms in total. The number of carbonyl (C=O) groups is 3. The van der Waals surface area contributed by atoms with Crippen LogP contribution in [0.2, 0.25) is 0 Å². The van der Waals surface area contributed by atoms with E-state index in [0.29, 0.717) is 5.57 Å². The Bertz CT molecular complexity index is 768. The van der Waals surface area contributed by atoms with Crippen LogP contribution in [0.3, 0.4) is 0 Å². The Morgan fingerprint density at radius 3 is 2.56 bits per heavy atom. The molecule has 0 bridgehead atoms. The molecule has 27 heavy (non-hydrogen) atoms. The van der Waals surface area contributed by atoms with Gasteiger partial charge in [-0.05, 0) is 26.7 Å². The summed E-state index contributed by atoms with van der Waals surface area (Å²) in [4.78, 5) is 35.5. The molecule has 0 aromatic rings. The Hall–Kier alpha value is -1.93. The summed E-state index contributed by atoms with van der Waals surface area (Å²) in [5.74, 6) is -1.94. The van der Waals surface area contributed by atoms with Gasteiger partial charge in [-0.1, -0.05) is 0 Å². The number of hydrogen-bond donors (Lipinski definition) is 1. The van der Waals surface area contributed by atoms with Crippen LogP contribution in [0.25, 0.3) is 0 Å². The maximum atomic E-state index is 12.6. The second-order valence-electron chi connectivity index (χ2n) is 8.38. The first-order valence-electron chi connectivity index (χ1n) is 9.19. The van der Waals surface area contributed by atoms with Crippen LogP contribution in [0.15, 0.2) is 11.1 Å². The third-order valence-electron chi connectivity index (χ3n) is 6.52. The third-order valence-corrected chi connectivity index (χ3v) is 6.52. The van der Waals surface area contributed by atoms with E-state index in [4.69, 9.17) is 18.9 Å². The van der Waals surface area contributed by atoms with Crippen LogP contribution in [0, 0.1) is 5.92 Å². The van der Waals surface area contributed by atoms with Gasteiger partial charge in [0.05, 0.1) is 16.8 Å². The van der Waals surface area contributed by atoms with Gasteiger partial charge in [0, 0.05) is 31.8 Å². The molecule has 0 radical (unpaired) electrons. The lowest BCUT2D eigenvalue weighted by Gasteiger charge is -2.34. The molecule has 8 heteroatoms. The number of ether oxygens (including phenoxy) is 4. The molecular formula is C19H24O8. The fourth-order valence-electron chi connectivity index (χ4n) is 5.40. The summed E-state index contributed by atoms with van der Waals surface area (Å²) in [6, 6.07) is 0. The number of carbonyl (C=O) groups excluding carboxylic acids is 3. The summed E-state index contributed by atoms with van der Waals surface area (Å²) in [5.41, 5.74) is -1.93. The van der Waals surface area contributed by atoms with E-state index in [1.54, 1.807) is 6.92 Å². The molecule has 1 saturated heterocycles. The van der Waals surface area contributed by atoms with Gasteiger partial charge < -0.3 is 24.1 Å². The first-order chi connectivity index (χ1) is 12.5. The van der Waals surface area contributed by atoms with Gasteiger partial charge in [0.15, 0.2) is 6.10 Å². The minimum absolute atomic E-state index is 0.116. The van der Waals surface area contributed by atoms with Gasteiger partial charge in [-0.3, -0.25) is 9.59 Å². The van der Waals surface area contributed by atoms with Gasteiger partial charge in [-0.2, -0.15) is 0 Å². The van der Waals surface area contributed by atoms with Crippen LogP contribution in [0.4, 0.5) is 0 Å². The third kappa shape index (κ3) is 2.46. The molecule has 4 rings (SSSR count). The highest BCUT2D eigenvalue weighted by molar-refractivity contribution is 5.94. The fraction of sp³-hybridized carbons (Fsp3) is 0.737. The van der Waals surface area contributed by atoms with Crippen molar-refractivity contribution >= 4 is 17.9 Å². The molecule has 2 aliphatic heterocycles. The number of epoxide rings is 1. The highest BCUT2D eigenvalue weighted by Gasteiger charge is 2.83. The van der Waals surface area contributed by atoms with Gasteiger partial charge in [0.2, 0.25) is 0 Å². The predicted molar refractivity (Wildman–Crippen MR) is 89.3 cm³/mol. The Labute approximate surface area is 156 Å². The molecule has 0 aromatic heterocycles. The predicted octanol–water partition coefficient (Wildman–Crippen LogP) is 0.796. The quantitative estimate of drug-likeness (QED) is 0.435. The smallest absolute Gasteiger partial charge is 0.338 e. The highest BCUT2D eigenvalue weighted by atomic mass is 16.7. The monoisotopic (exact) mass is 380 g/mol. The molecular weight excluding hydrogens is 356 g/mol. The Morgan fingerprint density at radius 2 is 1.96 bits per heavy atom.